The Morgan fingerprint density at radius 2 is 1.14 bits per heavy atom. The summed E-state index contributed by atoms with van der Waals surface area (Å²) in [5.41, 5.74) is 8.65. The van der Waals surface area contributed by atoms with Crippen LogP contribution in [0.4, 0.5) is 8.78 Å². The minimum atomic E-state index is -0.951. The maximum absolute atomic E-state index is 13.7. The molecule has 4 heterocycles. The second-order valence-electron chi connectivity index (χ2n) is 12.0. The van der Waals surface area contributed by atoms with Crippen LogP contribution in [0.15, 0.2) is 66.7 Å². The number of rotatable bonds is 2. The molecule has 6 aromatic rings. The zero-order valence-corrected chi connectivity index (χ0v) is 27.2. The molecule has 0 atom stereocenters. The second kappa shape index (κ2) is 12.2. The number of halogens is 3. The Labute approximate surface area is 284 Å². The molecule has 2 N–H and O–H groups in total. The van der Waals surface area contributed by atoms with Crippen molar-refractivity contribution in [3.63, 3.8) is 0 Å². The smallest absolute Gasteiger partial charge is 0.268 e. The average Bonchev–Trinajstić information content (AvgIpc) is 3.57. The molecule has 0 saturated carbocycles. The number of nitriles is 2. The van der Waals surface area contributed by atoms with Gasteiger partial charge >= 0.3 is 0 Å². The molecular weight excluding hydrogens is 646 g/mol. The van der Waals surface area contributed by atoms with Crippen molar-refractivity contribution in [2.75, 3.05) is 13.1 Å². The highest BCUT2D eigenvalue weighted by Gasteiger charge is 2.27. The van der Waals surface area contributed by atoms with Crippen LogP contribution in [-0.4, -0.2) is 34.0 Å². The van der Waals surface area contributed by atoms with Crippen molar-refractivity contribution >= 4 is 45.2 Å². The van der Waals surface area contributed by atoms with Crippen LogP contribution in [0.2, 0.25) is 5.02 Å². The normalized spacial score (nSPS) is 13.4. The minimum Gasteiger partial charge on any atom is -0.349 e. The lowest BCUT2D eigenvalue weighted by atomic mass is 9.98. The molecule has 0 saturated heterocycles. The summed E-state index contributed by atoms with van der Waals surface area (Å²) in [7, 11) is 0. The highest BCUT2D eigenvalue weighted by atomic mass is 35.5. The van der Waals surface area contributed by atoms with Crippen molar-refractivity contribution in [3.8, 4) is 34.4 Å². The SMILES string of the molecule is Cc1c2n(c3c(-c4ccc(Cl)cc4)cc(C#N)cc13)CCNC2=O.Cc1c2n(c3c(-c4ccc(F)c(F)c4)cc(C#N)cc13)CCNC2=O. The molecule has 49 heavy (non-hydrogen) atoms. The number of hydrogen-bond donors (Lipinski definition) is 2. The topological polar surface area (TPSA) is 116 Å². The largest absolute Gasteiger partial charge is 0.349 e. The summed E-state index contributed by atoms with van der Waals surface area (Å²) < 4.78 is 31.0. The summed E-state index contributed by atoms with van der Waals surface area (Å²) >= 11 is 6.00. The van der Waals surface area contributed by atoms with E-state index in [1.165, 1.54) is 6.07 Å². The Kier molecular flexibility index (Phi) is 7.90. The summed E-state index contributed by atoms with van der Waals surface area (Å²) in [6.45, 7) is 6.16. The van der Waals surface area contributed by atoms with E-state index in [4.69, 9.17) is 11.6 Å². The third-order valence-electron chi connectivity index (χ3n) is 9.13. The van der Waals surface area contributed by atoms with E-state index in [0.717, 1.165) is 62.7 Å². The number of nitrogens with one attached hydrogen (secondary N) is 2. The fourth-order valence-corrected chi connectivity index (χ4v) is 7.06. The standard InChI is InChI=1S/C19H14ClN3O.C19H13F2N3O/c1-11-15-8-12(10-21)9-16(13-2-4-14(20)5-3-13)18(15)23-7-6-22-19(24)17(11)23;1-10-13-6-11(9-22)7-14(12-2-3-15(20)16(21)8-12)18(13)24-5-4-23-19(25)17(10)24/h2-5,8-9H,6-7H2,1H3,(H,22,24);2-3,6-8H,4-5H2,1H3,(H,23,25). The van der Waals surface area contributed by atoms with Crippen LogP contribution in [-0.2, 0) is 13.1 Å². The molecule has 0 fully saturated rings. The fraction of sp³-hybridized carbons (Fsp3) is 0.158. The number of aromatic nitrogens is 2. The van der Waals surface area contributed by atoms with Gasteiger partial charge in [0, 0.05) is 53.1 Å². The summed E-state index contributed by atoms with van der Waals surface area (Å²) in [5, 5.41) is 26.8. The molecule has 4 aromatic carbocycles. The van der Waals surface area contributed by atoms with E-state index >= 15 is 0 Å². The maximum Gasteiger partial charge on any atom is 0.268 e. The van der Waals surface area contributed by atoms with Crippen LogP contribution >= 0.6 is 11.6 Å². The molecule has 8 nitrogen and oxygen atoms in total. The van der Waals surface area contributed by atoms with Gasteiger partial charge in [-0.25, -0.2) is 8.78 Å². The summed E-state index contributed by atoms with van der Waals surface area (Å²) in [6, 6.07) is 22.6. The predicted molar refractivity (Wildman–Crippen MR) is 183 cm³/mol. The molecule has 8 rings (SSSR count). The lowest BCUT2D eigenvalue weighted by Gasteiger charge is -2.18. The van der Waals surface area contributed by atoms with Crippen LogP contribution in [0, 0.1) is 48.1 Å². The van der Waals surface area contributed by atoms with E-state index < -0.39 is 11.6 Å². The van der Waals surface area contributed by atoms with Gasteiger partial charge < -0.3 is 19.8 Å². The van der Waals surface area contributed by atoms with Gasteiger partial charge in [0.05, 0.1) is 34.3 Å². The van der Waals surface area contributed by atoms with Crippen LogP contribution in [0.1, 0.15) is 43.2 Å². The van der Waals surface area contributed by atoms with Gasteiger partial charge in [0.25, 0.3) is 11.8 Å². The van der Waals surface area contributed by atoms with Crippen molar-refractivity contribution < 1.29 is 18.4 Å². The monoisotopic (exact) mass is 672 g/mol. The quantitative estimate of drug-likeness (QED) is 0.200. The van der Waals surface area contributed by atoms with E-state index in [9.17, 15) is 28.9 Å². The van der Waals surface area contributed by atoms with Gasteiger partial charge in [0.15, 0.2) is 11.6 Å². The van der Waals surface area contributed by atoms with Crippen molar-refractivity contribution in [2.45, 2.75) is 26.9 Å². The summed E-state index contributed by atoms with van der Waals surface area (Å²) in [6.07, 6.45) is 0. The van der Waals surface area contributed by atoms with E-state index in [-0.39, 0.29) is 11.8 Å². The molecule has 0 unspecified atom stereocenters. The van der Waals surface area contributed by atoms with Crippen LogP contribution in [0.25, 0.3) is 44.1 Å². The Hall–Kier alpha value is -5.97. The van der Waals surface area contributed by atoms with Gasteiger partial charge in [-0.15, -0.1) is 0 Å². The Balaban J connectivity index is 0.000000154. The number of amides is 2. The van der Waals surface area contributed by atoms with E-state index in [2.05, 4.69) is 27.3 Å². The highest BCUT2D eigenvalue weighted by Crippen LogP contribution is 2.38. The molecule has 0 aliphatic carbocycles. The van der Waals surface area contributed by atoms with E-state index in [0.29, 0.717) is 58.3 Å². The van der Waals surface area contributed by atoms with Crippen molar-refractivity contribution in [2.24, 2.45) is 0 Å². The van der Waals surface area contributed by atoms with E-state index in [1.54, 1.807) is 12.1 Å². The third kappa shape index (κ3) is 5.27. The summed E-state index contributed by atoms with van der Waals surface area (Å²) in [5.74, 6) is -2.11. The number of fused-ring (bicyclic) bond motifs is 6. The lowest BCUT2D eigenvalue weighted by molar-refractivity contribution is 0.0920. The second-order valence-corrected chi connectivity index (χ2v) is 12.4. The van der Waals surface area contributed by atoms with Gasteiger partial charge in [-0.3, -0.25) is 9.59 Å². The van der Waals surface area contributed by atoms with Gasteiger partial charge in [-0.05, 0) is 84.6 Å². The minimum absolute atomic E-state index is 0.0597. The van der Waals surface area contributed by atoms with Crippen molar-refractivity contribution in [1.29, 1.82) is 10.5 Å². The van der Waals surface area contributed by atoms with Crippen LogP contribution < -0.4 is 10.6 Å². The molecule has 0 radical (unpaired) electrons. The Morgan fingerprint density at radius 3 is 1.61 bits per heavy atom. The Bertz CT molecular complexity index is 2470. The summed E-state index contributed by atoms with van der Waals surface area (Å²) in [4.78, 5) is 24.6. The van der Waals surface area contributed by atoms with Gasteiger partial charge in [0.1, 0.15) is 11.4 Å². The zero-order valence-electron chi connectivity index (χ0n) is 26.4. The molecule has 2 amide bonds. The fourth-order valence-electron chi connectivity index (χ4n) is 6.93. The molecule has 2 aliphatic heterocycles. The Morgan fingerprint density at radius 1 is 0.673 bits per heavy atom. The first-order valence-corrected chi connectivity index (χ1v) is 15.9. The molecule has 11 heteroatoms. The first-order valence-electron chi connectivity index (χ1n) is 15.5. The average molecular weight is 673 g/mol. The molecule has 2 aromatic heterocycles. The molecular formula is C38H27ClF2N6O2. The number of benzene rings is 4. The predicted octanol–water partition coefficient (Wildman–Crippen LogP) is 7.40. The first-order chi connectivity index (χ1) is 23.6. The molecule has 242 valence electrons. The lowest BCUT2D eigenvalue weighted by Crippen LogP contribution is -2.35. The number of hydrogen-bond acceptors (Lipinski definition) is 4. The molecule has 2 aliphatic rings. The maximum atomic E-state index is 13.7. The number of carbonyl (C=O) groups is 2. The van der Waals surface area contributed by atoms with E-state index in [1.807, 2.05) is 54.8 Å². The third-order valence-corrected chi connectivity index (χ3v) is 9.39. The first kappa shape index (κ1) is 31.6. The van der Waals surface area contributed by atoms with Gasteiger partial charge in [-0.2, -0.15) is 10.5 Å². The zero-order chi connectivity index (χ0) is 34.6. The van der Waals surface area contributed by atoms with Gasteiger partial charge in [-0.1, -0.05) is 29.8 Å². The van der Waals surface area contributed by atoms with Crippen molar-refractivity contribution in [3.05, 3.63) is 117 Å². The van der Waals surface area contributed by atoms with Gasteiger partial charge in [0.2, 0.25) is 0 Å². The highest BCUT2D eigenvalue weighted by molar-refractivity contribution is 6.30. The van der Waals surface area contributed by atoms with Crippen LogP contribution in [0.3, 0.4) is 0 Å². The number of aryl methyl sites for hydroxylation is 2. The molecule has 0 spiro atoms. The number of nitrogens with zero attached hydrogens (tertiary/aromatic N) is 4. The van der Waals surface area contributed by atoms with Crippen LogP contribution in [0.5, 0.6) is 0 Å². The molecule has 0 bridgehead atoms. The van der Waals surface area contributed by atoms with Crippen molar-refractivity contribution in [1.82, 2.24) is 19.8 Å². The number of carbonyl (C=O) groups excluding carboxylic acids is 2.